The molecule has 31 heavy (non-hydrogen) atoms. The van der Waals surface area contributed by atoms with E-state index < -0.39 is 45.4 Å². The Morgan fingerprint density at radius 2 is 1.32 bits per heavy atom. The zero-order chi connectivity index (χ0) is 23.5. The van der Waals surface area contributed by atoms with Gasteiger partial charge in [0.15, 0.2) is 6.29 Å². The molecule has 8 heteroatoms. The normalized spacial score (nSPS) is 27.6. The molecule has 1 aliphatic rings. The van der Waals surface area contributed by atoms with E-state index in [1.54, 1.807) is 0 Å². The number of quaternary nitrogens is 1. The minimum Gasteiger partial charge on any atom is -0.394 e. The quantitative estimate of drug-likeness (QED) is 0.159. The van der Waals surface area contributed by atoms with Crippen LogP contribution in [-0.4, -0.2) is 105 Å². The van der Waals surface area contributed by atoms with Gasteiger partial charge in [0.2, 0.25) is 0 Å². The summed E-state index contributed by atoms with van der Waals surface area (Å²) in [5, 5.41) is 39.0. The molecule has 0 aromatic rings. The van der Waals surface area contributed by atoms with E-state index in [0.717, 1.165) is 10.5 Å². The number of aliphatic hydroxyl groups excluding tert-OH is 4. The predicted octanol–water partition coefficient (Wildman–Crippen LogP) is 2.34. The average molecular weight is 465 g/mol. The monoisotopic (exact) mass is 464 g/mol. The summed E-state index contributed by atoms with van der Waals surface area (Å²) in [5.41, 5.74) is 0. The standard InChI is InChI=1S/C23H50NO6Si/c1-24(2,3)14-12-10-8-6-7-9-11-13-16-31(4,5)17-15-29-23-22(28)21(27)20(26)19(18-25)30-23/h19-23,25-28H,6-18H2,1-5H3/q+1/t19?,20-,21+,22+,23?/m1/s1. The third-order valence-electron chi connectivity index (χ3n) is 6.34. The van der Waals surface area contributed by atoms with Gasteiger partial charge in [-0.1, -0.05) is 57.7 Å². The second kappa shape index (κ2) is 14.3. The van der Waals surface area contributed by atoms with Gasteiger partial charge in [-0.2, -0.15) is 0 Å². The largest absolute Gasteiger partial charge is 0.394 e. The fraction of sp³-hybridized carbons (Fsp3) is 1.00. The van der Waals surface area contributed by atoms with Gasteiger partial charge >= 0.3 is 0 Å². The van der Waals surface area contributed by atoms with Gasteiger partial charge in [0.1, 0.15) is 24.4 Å². The van der Waals surface area contributed by atoms with Crippen LogP contribution in [0.2, 0.25) is 25.2 Å². The Balaban J connectivity index is 2.10. The SMILES string of the molecule is C[N+](C)(C)CCCCCCCCCC[Si](C)(C)CCOC1OC(CO)[C@@H](O)[C@H](O)[C@@H]1O. The van der Waals surface area contributed by atoms with E-state index >= 15 is 0 Å². The Kier molecular flexibility index (Phi) is 13.3. The van der Waals surface area contributed by atoms with Crippen molar-refractivity contribution in [3.05, 3.63) is 0 Å². The van der Waals surface area contributed by atoms with Gasteiger partial charge in [-0.05, 0) is 18.9 Å². The number of aliphatic hydroxyl groups is 4. The second-order valence-corrected chi connectivity index (χ2v) is 16.4. The van der Waals surface area contributed by atoms with Gasteiger partial charge < -0.3 is 34.4 Å². The number of hydrogen-bond donors (Lipinski definition) is 4. The summed E-state index contributed by atoms with van der Waals surface area (Å²) in [7, 11) is 5.37. The molecule has 4 N–H and O–H groups in total. The number of rotatable bonds is 16. The van der Waals surface area contributed by atoms with Crippen LogP contribution in [0.5, 0.6) is 0 Å². The molecule has 0 amide bonds. The van der Waals surface area contributed by atoms with Crippen LogP contribution in [0.15, 0.2) is 0 Å². The van der Waals surface area contributed by atoms with Gasteiger partial charge in [-0.25, -0.2) is 0 Å². The molecule has 1 aliphatic heterocycles. The van der Waals surface area contributed by atoms with Crippen LogP contribution in [0.1, 0.15) is 51.4 Å². The Morgan fingerprint density at radius 3 is 1.87 bits per heavy atom. The van der Waals surface area contributed by atoms with Crippen molar-refractivity contribution in [2.24, 2.45) is 0 Å². The number of hydrogen-bond acceptors (Lipinski definition) is 6. The third kappa shape index (κ3) is 12.1. The number of ether oxygens (including phenoxy) is 2. The van der Waals surface area contributed by atoms with E-state index in [1.807, 2.05) is 0 Å². The molecule has 0 radical (unpaired) electrons. The third-order valence-corrected chi connectivity index (χ3v) is 9.61. The van der Waals surface area contributed by atoms with E-state index in [-0.39, 0.29) is 0 Å². The van der Waals surface area contributed by atoms with E-state index in [9.17, 15) is 20.4 Å². The summed E-state index contributed by atoms with van der Waals surface area (Å²) in [5.74, 6) is 0. The molecule has 0 bridgehead atoms. The van der Waals surface area contributed by atoms with E-state index in [1.165, 1.54) is 64.0 Å². The molecular weight excluding hydrogens is 414 g/mol. The van der Waals surface area contributed by atoms with Crippen LogP contribution < -0.4 is 0 Å². The Hall–Kier alpha value is -0.0631. The van der Waals surface area contributed by atoms with Crippen LogP contribution in [0, 0.1) is 0 Å². The highest BCUT2D eigenvalue weighted by atomic mass is 28.3. The molecule has 186 valence electrons. The first-order valence-corrected chi connectivity index (χ1v) is 15.6. The van der Waals surface area contributed by atoms with Crippen LogP contribution in [0.4, 0.5) is 0 Å². The molecule has 0 saturated carbocycles. The maximum atomic E-state index is 10.0. The molecule has 1 heterocycles. The first-order chi connectivity index (χ1) is 14.5. The van der Waals surface area contributed by atoms with Crippen molar-refractivity contribution in [3.63, 3.8) is 0 Å². The topological polar surface area (TPSA) is 99.4 Å². The minimum absolute atomic E-state index is 0.429. The van der Waals surface area contributed by atoms with Crippen molar-refractivity contribution in [3.8, 4) is 0 Å². The van der Waals surface area contributed by atoms with Crippen LogP contribution in [0.25, 0.3) is 0 Å². The first kappa shape index (κ1) is 29.0. The Bertz CT molecular complexity index is 471. The molecule has 0 aromatic carbocycles. The molecule has 0 aliphatic carbocycles. The predicted molar refractivity (Wildman–Crippen MR) is 127 cm³/mol. The van der Waals surface area contributed by atoms with Gasteiger partial charge in [-0.15, -0.1) is 0 Å². The maximum absolute atomic E-state index is 10.0. The Morgan fingerprint density at radius 1 is 0.774 bits per heavy atom. The zero-order valence-corrected chi connectivity index (χ0v) is 21.6. The molecule has 2 unspecified atom stereocenters. The van der Waals surface area contributed by atoms with E-state index in [4.69, 9.17) is 9.47 Å². The smallest absolute Gasteiger partial charge is 0.186 e. The van der Waals surface area contributed by atoms with Gasteiger partial charge in [0, 0.05) is 14.7 Å². The summed E-state index contributed by atoms with van der Waals surface area (Å²) in [6, 6.07) is 2.21. The van der Waals surface area contributed by atoms with Crippen LogP contribution in [0.3, 0.4) is 0 Å². The average Bonchev–Trinajstić information content (AvgIpc) is 2.68. The van der Waals surface area contributed by atoms with Crippen molar-refractivity contribution >= 4 is 8.07 Å². The van der Waals surface area contributed by atoms with Crippen LogP contribution in [-0.2, 0) is 9.47 Å². The lowest BCUT2D eigenvalue weighted by Gasteiger charge is -2.39. The molecular formula is C23H50NO6Si+. The molecule has 1 saturated heterocycles. The Labute approximate surface area is 191 Å². The summed E-state index contributed by atoms with van der Waals surface area (Å²) in [6.45, 7) is 6.00. The minimum atomic E-state index is -1.39. The maximum Gasteiger partial charge on any atom is 0.186 e. The second-order valence-electron chi connectivity index (χ2n) is 11.1. The number of nitrogens with zero attached hydrogens (tertiary/aromatic N) is 1. The molecule has 0 spiro atoms. The first-order valence-electron chi connectivity index (χ1n) is 12.2. The van der Waals surface area contributed by atoms with Gasteiger partial charge in [0.25, 0.3) is 0 Å². The summed E-state index contributed by atoms with van der Waals surface area (Å²) in [4.78, 5) is 0. The lowest BCUT2D eigenvalue weighted by atomic mass is 9.99. The van der Waals surface area contributed by atoms with Gasteiger partial charge in [-0.3, -0.25) is 0 Å². The van der Waals surface area contributed by atoms with Crippen molar-refractivity contribution < 1.29 is 34.4 Å². The highest BCUT2D eigenvalue weighted by molar-refractivity contribution is 6.77. The zero-order valence-electron chi connectivity index (χ0n) is 20.6. The highest BCUT2D eigenvalue weighted by Gasteiger charge is 2.44. The summed E-state index contributed by atoms with van der Waals surface area (Å²) in [6.07, 6.45) is 4.66. The van der Waals surface area contributed by atoms with Crippen molar-refractivity contribution in [1.29, 1.82) is 0 Å². The summed E-state index contributed by atoms with van der Waals surface area (Å²) >= 11 is 0. The molecule has 7 nitrogen and oxygen atoms in total. The molecule has 5 atom stereocenters. The lowest BCUT2D eigenvalue weighted by Crippen LogP contribution is -2.59. The van der Waals surface area contributed by atoms with E-state index in [0.29, 0.717) is 6.61 Å². The number of unbranched alkanes of at least 4 members (excludes halogenated alkanes) is 7. The van der Waals surface area contributed by atoms with Crippen LogP contribution >= 0.6 is 0 Å². The van der Waals surface area contributed by atoms with Gasteiger partial charge in [0.05, 0.1) is 34.3 Å². The molecule has 1 fully saturated rings. The molecule has 1 rings (SSSR count). The highest BCUT2D eigenvalue weighted by Crippen LogP contribution is 2.24. The fourth-order valence-corrected chi connectivity index (χ4v) is 6.16. The lowest BCUT2D eigenvalue weighted by molar-refractivity contribution is -0.870. The van der Waals surface area contributed by atoms with Crippen molar-refractivity contribution in [1.82, 2.24) is 0 Å². The van der Waals surface area contributed by atoms with Crippen molar-refractivity contribution in [2.45, 2.75) is 107 Å². The van der Waals surface area contributed by atoms with E-state index in [2.05, 4.69) is 34.2 Å². The van der Waals surface area contributed by atoms with Crippen molar-refractivity contribution in [2.75, 3.05) is 40.9 Å². The fourth-order valence-electron chi connectivity index (χ4n) is 4.03. The molecule has 0 aromatic heterocycles. The summed E-state index contributed by atoms with van der Waals surface area (Å²) < 4.78 is 12.1.